The number of carbonyl (C=O) groups is 5. The Hall–Kier alpha value is -4.49. The van der Waals surface area contributed by atoms with Crippen LogP contribution in [-0.2, 0) is 71.3 Å². The molecule has 4 aliphatic heterocycles. The first kappa shape index (κ1) is 65.3. The van der Waals surface area contributed by atoms with Crippen molar-refractivity contribution in [3.8, 4) is 0 Å². The van der Waals surface area contributed by atoms with E-state index in [9.17, 15) is 59.1 Å². The Kier molecular flexibility index (Phi) is 25.2. The number of aliphatic hydroxyl groups excluding tert-OH is 4. The average molecular weight is 1130 g/mol. The number of likely N-dealkylation sites (N-methyl/N-ethyl adjacent to an activating group) is 2. The largest absolute Gasteiger partial charge is 0.480 e. The number of carboxylic acid groups (broad SMARTS) is 1. The van der Waals surface area contributed by atoms with Crippen LogP contribution < -0.4 is 17.0 Å². The molecule has 79 heavy (non-hydrogen) atoms. The third kappa shape index (κ3) is 17.0. The summed E-state index contributed by atoms with van der Waals surface area (Å²) in [7, 11) is 6.87. The fourth-order valence-corrected chi connectivity index (χ4v) is 10.8. The monoisotopic (exact) mass is 1130 g/mol. The molecule has 0 radical (unpaired) electrons. The Morgan fingerprint density at radius 1 is 0.747 bits per heavy atom. The second-order valence-electron chi connectivity index (χ2n) is 21.6. The molecular formula is C52H85N5O22. The lowest BCUT2D eigenvalue weighted by Gasteiger charge is -2.43. The number of carboxylic acids is 1. The SMILES string of the molecule is CO[C@@H]1[C@@H](OC)[C@H](C)O[C@@H](OC(=O)C[C@@H](C)CC(=O)O[C@@H](CCCCCCCCCC(C)C)CC(=O)O[C@H]2CN(C)[C@@H]([C@H](O[C@@H]3O[C@H](CN)[C@@H](O)[C@H]3O)[C@H]3O[C@@H](n4ccc(=O)[nH]c4=O)[C@H](O)[C@@H]3O)C(=O)N(C)[C@@H]2C(=O)O)[C@@H]1OC. The van der Waals surface area contributed by atoms with Gasteiger partial charge in [-0.3, -0.25) is 38.4 Å². The van der Waals surface area contributed by atoms with Crippen LogP contribution in [0.3, 0.4) is 0 Å². The highest BCUT2D eigenvalue weighted by atomic mass is 16.7. The highest BCUT2D eigenvalue weighted by Gasteiger charge is 2.57. The van der Waals surface area contributed by atoms with E-state index in [4.69, 9.17) is 53.1 Å². The molecule has 0 aromatic carbocycles. The molecule has 4 saturated heterocycles. The van der Waals surface area contributed by atoms with E-state index < -0.39 is 170 Å². The summed E-state index contributed by atoms with van der Waals surface area (Å²) in [6.45, 7) is 6.97. The number of aliphatic carboxylic acids is 1. The molecule has 0 unspecified atom stereocenters. The van der Waals surface area contributed by atoms with Crippen molar-refractivity contribution in [2.75, 3.05) is 48.5 Å². The van der Waals surface area contributed by atoms with Crippen LogP contribution in [0.4, 0.5) is 0 Å². The molecule has 4 aliphatic rings. The molecule has 0 bridgehead atoms. The number of hydrogen-bond acceptors (Lipinski definition) is 23. The van der Waals surface area contributed by atoms with E-state index in [0.717, 1.165) is 73.7 Å². The first-order chi connectivity index (χ1) is 37.5. The predicted molar refractivity (Wildman–Crippen MR) is 274 cm³/mol. The van der Waals surface area contributed by atoms with Crippen molar-refractivity contribution in [2.24, 2.45) is 17.6 Å². The Morgan fingerprint density at radius 2 is 1.35 bits per heavy atom. The van der Waals surface area contributed by atoms with Crippen molar-refractivity contribution in [2.45, 2.75) is 215 Å². The van der Waals surface area contributed by atoms with E-state index in [1.54, 1.807) is 13.8 Å². The molecule has 1 aromatic rings. The van der Waals surface area contributed by atoms with Crippen molar-refractivity contribution in [1.82, 2.24) is 19.4 Å². The van der Waals surface area contributed by atoms with E-state index in [1.165, 1.54) is 33.3 Å². The summed E-state index contributed by atoms with van der Waals surface area (Å²) in [5, 5.41) is 55.2. The molecule has 5 rings (SSSR count). The number of aromatic amines is 1. The summed E-state index contributed by atoms with van der Waals surface area (Å²) in [4.78, 5) is 97.5. The van der Waals surface area contributed by atoms with Gasteiger partial charge in [0.25, 0.3) is 5.56 Å². The molecule has 27 heteroatoms. The third-order valence-corrected chi connectivity index (χ3v) is 15.0. The van der Waals surface area contributed by atoms with Gasteiger partial charge in [-0.15, -0.1) is 0 Å². The summed E-state index contributed by atoms with van der Waals surface area (Å²) in [6, 6.07) is -2.60. The summed E-state index contributed by atoms with van der Waals surface area (Å²) >= 11 is 0. The van der Waals surface area contributed by atoms with E-state index >= 15 is 0 Å². The summed E-state index contributed by atoms with van der Waals surface area (Å²) in [5.74, 6) is -4.95. The highest BCUT2D eigenvalue weighted by molar-refractivity contribution is 5.88. The normalized spacial score (nSPS) is 32.6. The summed E-state index contributed by atoms with van der Waals surface area (Å²) < 4.78 is 58.7. The van der Waals surface area contributed by atoms with Gasteiger partial charge in [0.15, 0.2) is 18.6 Å². The minimum Gasteiger partial charge on any atom is -0.480 e. The zero-order chi connectivity index (χ0) is 58.4. The minimum atomic E-state index is -1.97. The van der Waals surface area contributed by atoms with Gasteiger partial charge >= 0.3 is 29.6 Å². The van der Waals surface area contributed by atoms with Crippen LogP contribution in [0, 0.1) is 11.8 Å². The Balaban J connectivity index is 1.33. The van der Waals surface area contributed by atoms with E-state index in [0.29, 0.717) is 12.3 Å². The van der Waals surface area contributed by atoms with Gasteiger partial charge in [-0.1, -0.05) is 65.7 Å². The molecule has 1 amide bonds. The number of aromatic nitrogens is 2. The number of nitrogens with one attached hydrogen (secondary N) is 1. The van der Waals surface area contributed by atoms with Crippen LogP contribution in [0.2, 0.25) is 0 Å². The maximum atomic E-state index is 14.7. The number of H-pyrrole nitrogens is 1. The molecule has 0 aliphatic carbocycles. The van der Waals surface area contributed by atoms with E-state index in [2.05, 4.69) is 13.8 Å². The van der Waals surface area contributed by atoms with Crippen LogP contribution in [-0.4, -0.2) is 227 Å². The maximum absolute atomic E-state index is 14.7. The fourth-order valence-electron chi connectivity index (χ4n) is 10.8. The average Bonchev–Trinajstić information content (AvgIpc) is 3.83. The molecule has 27 nitrogen and oxygen atoms in total. The topological polar surface area (TPSA) is 366 Å². The molecular weight excluding hydrogens is 1050 g/mol. The third-order valence-electron chi connectivity index (χ3n) is 15.0. The van der Waals surface area contributed by atoms with Gasteiger partial charge in [-0.05, 0) is 38.6 Å². The van der Waals surface area contributed by atoms with Crippen molar-refractivity contribution >= 4 is 29.8 Å². The highest BCUT2D eigenvalue weighted by Crippen LogP contribution is 2.37. The van der Waals surface area contributed by atoms with Crippen molar-refractivity contribution < 1.29 is 96.9 Å². The maximum Gasteiger partial charge on any atom is 0.330 e. The second kappa shape index (κ2) is 30.5. The number of unbranched alkanes of at least 4 members (excludes halogenated alkanes) is 6. The number of aliphatic hydroxyl groups is 4. The molecule has 450 valence electrons. The van der Waals surface area contributed by atoms with Crippen molar-refractivity contribution in [3.63, 3.8) is 0 Å². The van der Waals surface area contributed by atoms with Crippen LogP contribution in [0.1, 0.15) is 111 Å². The molecule has 1 aromatic heterocycles. The summed E-state index contributed by atoms with van der Waals surface area (Å²) in [6.07, 6.45) is -13.8. The first-order valence-electron chi connectivity index (χ1n) is 27.2. The van der Waals surface area contributed by atoms with Crippen LogP contribution in [0.5, 0.6) is 0 Å². The molecule has 0 spiro atoms. The number of nitrogens with zero attached hydrogens (tertiary/aromatic N) is 3. The Bertz CT molecular complexity index is 2250. The molecule has 5 heterocycles. The number of rotatable bonds is 29. The van der Waals surface area contributed by atoms with Gasteiger partial charge in [-0.2, -0.15) is 0 Å². The number of ether oxygens (including phenoxy) is 10. The van der Waals surface area contributed by atoms with Gasteiger partial charge < -0.3 is 83.5 Å². The van der Waals surface area contributed by atoms with Crippen molar-refractivity contribution in [1.29, 1.82) is 0 Å². The quantitative estimate of drug-likeness (QED) is 0.0296. The number of amides is 1. The lowest BCUT2D eigenvalue weighted by Crippen LogP contribution is -2.59. The number of methoxy groups -OCH3 is 3. The fraction of sp³-hybridized carbons (Fsp3) is 0.827. The van der Waals surface area contributed by atoms with Crippen molar-refractivity contribution in [3.05, 3.63) is 33.1 Å². The molecule has 4 fully saturated rings. The Labute approximate surface area is 459 Å². The van der Waals surface area contributed by atoms with Gasteiger partial charge in [0.1, 0.15) is 79.3 Å². The number of nitrogens with two attached hydrogens (primary N) is 1. The number of hydrogen-bond donors (Lipinski definition) is 7. The lowest BCUT2D eigenvalue weighted by molar-refractivity contribution is -0.297. The van der Waals surface area contributed by atoms with Crippen LogP contribution in [0.15, 0.2) is 21.9 Å². The smallest absolute Gasteiger partial charge is 0.330 e. The van der Waals surface area contributed by atoms with Gasteiger partial charge in [-0.25, -0.2) is 9.59 Å². The van der Waals surface area contributed by atoms with Crippen LogP contribution in [0.25, 0.3) is 0 Å². The molecule has 0 saturated carbocycles. The molecule has 8 N–H and O–H groups in total. The number of esters is 3. The first-order valence-corrected chi connectivity index (χ1v) is 27.2. The zero-order valence-corrected chi connectivity index (χ0v) is 46.7. The zero-order valence-electron chi connectivity index (χ0n) is 46.7. The van der Waals surface area contributed by atoms with Gasteiger partial charge in [0.2, 0.25) is 12.2 Å². The number of carbonyl (C=O) groups excluding carboxylic acids is 4. The minimum absolute atomic E-state index is 0.216. The van der Waals surface area contributed by atoms with Gasteiger partial charge in [0, 0.05) is 66.6 Å². The van der Waals surface area contributed by atoms with E-state index in [1.807, 2.05) is 4.98 Å². The standard InChI is InChI=1S/C52H85N5O22/c1-26(2)17-15-13-11-10-12-14-16-18-29(74-33(59)21-27(3)22-34(60)77-51-46(72-9)45(71-8)42(70-7)28(4)73-51)23-35(61)75-31-25-55(5)37(47(66)56(6)36(31)49(67)68)43(79-50-41(65)38(62)30(24-53)76-50)44-39(63)40(64)48(78-44)57-20-19-32(58)54-52(57)69/h19-20,26-31,36-46,48,50-51,62-65H,10-18,21-25,53H2,1-9H3,(H,67,68)(H,54,58,69)/t27-,28-,29-,30+,31-,36-,37-,38+,39-,40+,41+,42-,43-,44-,45+,46+,48+,50-,51-/m0/s1. The predicted octanol–water partition coefficient (Wildman–Crippen LogP) is -0.698. The van der Waals surface area contributed by atoms with Gasteiger partial charge in [0.05, 0.1) is 12.5 Å². The van der Waals surface area contributed by atoms with E-state index in [-0.39, 0.29) is 25.8 Å². The summed E-state index contributed by atoms with van der Waals surface area (Å²) in [5.41, 5.74) is 3.94. The lowest BCUT2D eigenvalue weighted by atomic mass is 9.97. The Morgan fingerprint density at radius 3 is 1.94 bits per heavy atom. The molecule has 19 atom stereocenters. The second-order valence-corrected chi connectivity index (χ2v) is 21.6. The van der Waals surface area contributed by atoms with Crippen LogP contribution >= 0.6 is 0 Å².